The van der Waals surface area contributed by atoms with E-state index in [-0.39, 0.29) is 0 Å². The Balaban J connectivity index is 1.63. The van der Waals surface area contributed by atoms with E-state index < -0.39 is 6.09 Å². The summed E-state index contributed by atoms with van der Waals surface area (Å²) in [6.45, 7) is 0.339. The van der Waals surface area contributed by atoms with E-state index in [9.17, 15) is 4.79 Å². The van der Waals surface area contributed by atoms with E-state index in [0.29, 0.717) is 12.3 Å². The van der Waals surface area contributed by atoms with Crippen molar-refractivity contribution in [2.45, 2.75) is 6.54 Å². The number of benzene rings is 2. The van der Waals surface area contributed by atoms with Gasteiger partial charge >= 0.3 is 6.09 Å². The van der Waals surface area contributed by atoms with Crippen molar-refractivity contribution in [3.8, 4) is 5.75 Å². The van der Waals surface area contributed by atoms with Gasteiger partial charge in [0.2, 0.25) is 0 Å². The van der Waals surface area contributed by atoms with Crippen LogP contribution in [0.25, 0.3) is 10.9 Å². The lowest BCUT2D eigenvalue weighted by atomic mass is 10.2. The van der Waals surface area contributed by atoms with Gasteiger partial charge in [0.05, 0.1) is 17.8 Å². The van der Waals surface area contributed by atoms with Gasteiger partial charge in [-0.1, -0.05) is 36.4 Å². The molecule has 0 aliphatic heterocycles. The number of H-pyrrole nitrogens is 1. The van der Waals surface area contributed by atoms with Crippen molar-refractivity contribution in [2.24, 2.45) is 0 Å². The van der Waals surface area contributed by atoms with Crippen LogP contribution in [0.2, 0.25) is 0 Å². The number of amides is 1. The summed E-state index contributed by atoms with van der Waals surface area (Å²) < 4.78 is 5.14. The van der Waals surface area contributed by atoms with Gasteiger partial charge in [-0.3, -0.25) is 5.10 Å². The van der Waals surface area contributed by atoms with Gasteiger partial charge in [-0.05, 0) is 18.2 Å². The van der Waals surface area contributed by atoms with E-state index in [1.54, 1.807) is 12.1 Å². The molecular formula is C15H13N3O2. The molecule has 1 aromatic heterocycles. The second-order valence-corrected chi connectivity index (χ2v) is 4.28. The highest BCUT2D eigenvalue weighted by molar-refractivity contribution is 5.81. The smallest absolute Gasteiger partial charge is 0.410 e. The van der Waals surface area contributed by atoms with E-state index >= 15 is 0 Å². The van der Waals surface area contributed by atoms with Crippen LogP contribution in [-0.2, 0) is 6.54 Å². The van der Waals surface area contributed by atoms with Crippen LogP contribution in [0, 0.1) is 0 Å². The molecule has 0 saturated carbocycles. The number of hydrogen-bond acceptors (Lipinski definition) is 3. The molecule has 0 bridgehead atoms. The minimum Gasteiger partial charge on any atom is -0.410 e. The third-order valence-electron chi connectivity index (χ3n) is 2.90. The van der Waals surface area contributed by atoms with Gasteiger partial charge < -0.3 is 10.1 Å². The normalized spacial score (nSPS) is 10.4. The van der Waals surface area contributed by atoms with Crippen LogP contribution in [0.1, 0.15) is 5.69 Å². The van der Waals surface area contributed by atoms with Gasteiger partial charge in [0.1, 0.15) is 5.75 Å². The van der Waals surface area contributed by atoms with Crippen molar-refractivity contribution in [3.05, 3.63) is 60.3 Å². The van der Waals surface area contributed by atoms with Gasteiger partial charge in [0.15, 0.2) is 0 Å². The molecule has 0 unspecified atom stereocenters. The molecule has 0 saturated heterocycles. The summed E-state index contributed by atoms with van der Waals surface area (Å²) in [6, 6.07) is 16.7. The largest absolute Gasteiger partial charge is 0.412 e. The molecule has 2 N–H and O–H groups in total. The van der Waals surface area contributed by atoms with Crippen molar-refractivity contribution in [3.63, 3.8) is 0 Å². The van der Waals surface area contributed by atoms with Gasteiger partial charge in [-0.25, -0.2) is 4.79 Å². The number of nitrogens with zero attached hydrogens (tertiary/aromatic N) is 1. The van der Waals surface area contributed by atoms with Crippen molar-refractivity contribution < 1.29 is 9.53 Å². The summed E-state index contributed by atoms with van der Waals surface area (Å²) in [5.41, 5.74) is 1.73. The van der Waals surface area contributed by atoms with E-state index in [0.717, 1.165) is 16.6 Å². The number of rotatable bonds is 3. The highest BCUT2D eigenvalue weighted by Gasteiger charge is 2.07. The zero-order chi connectivity index (χ0) is 13.8. The molecule has 0 fully saturated rings. The van der Waals surface area contributed by atoms with E-state index in [1.165, 1.54) is 0 Å². The Labute approximate surface area is 115 Å². The molecule has 0 aliphatic carbocycles. The SMILES string of the molecule is O=C(NCc1[nH]nc2ccccc12)Oc1ccccc1. The van der Waals surface area contributed by atoms with Crippen molar-refractivity contribution in [1.82, 2.24) is 15.5 Å². The molecule has 3 aromatic rings. The van der Waals surface area contributed by atoms with Crippen molar-refractivity contribution >= 4 is 17.0 Å². The lowest BCUT2D eigenvalue weighted by Gasteiger charge is -2.05. The fraction of sp³-hybridized carbons (Fsp3) is 0.0667. The summed E-state index contributed by atoms with van der Waals surface area (Å²) in [4.78, 5) is 11.7. The Morgan fingerprint density at radius 1 is 1.10 bits per heavy atom. The third-order valence-corrected chi connectivity index (χ3v) is 2.90. The Bertz CT molecular complexity index is 722. The highest BCUT2D eigenvalue weighted by Crippen LogP contribution is 2.14. The molecule has 0 spiro atoms. The summed E-state index contributed by atoms with van der Waals surface area (Å²) >= 11 is 0. The van der Waals surface area contributed by atoms with Crippen LogP contribution in [-0.4, -0.2) is 16.3 Å². The van der Waals surface area contributed by atoms with E-state index in [4.69, 9.17) is 4.74 Å². The first-order valence-corrected chi connectivity index (χ1v) is 6.25. The third kappa shape index (κ3) is 2.61. The maximum atomic E-state index is 11.7. The molecule has 3 rings (SSSR count). The number of aromatic amines is 1. The minimum atomic E-state index is -0.491. The predicted molar refractivity (Wildman–Crippen MR) is 75.4 cm³/mol. The molecule has 1 amide bonds. The number of carbonyl (C=O) groups excluding carboxylic acids is 1. The Hall–Kier alpha value is -2.82. The monoisotopic (exact) mass is 267 g/mol. The van der Waals surface area contributed by atoms with Crippen molar-refractivity contribution in [1.29, 1.82) is 0 Å². The second-order valence-electron chi connectivity index (χ2n) is 4.28. The number of aromatic nitrogens is 2. The number of ether oxygens (including phenoxy) is 1. The second kappa shape index (κ2) is 5.44. The maximum absolute atomic E-state index is 11.7. The first-order valence-electron chi connectivity index (χ1n) is 6.25. The Kier molecular flexibility index (Phi) is 3.33. The first-order chi connectivity index (χ1) is 9.83. The summed E-state index contributed by atoms with van der Waals surface area (Å²) in [5, 5.41) is 10.8. The van der Waals surface area contributed by atoms with Gasteiger partial charge in [0.25, 0.3) is 0 Å². The van der Waals surface area contributed by atoms with Crippen LogP contribution in [0.4, 0.5) is 4.79 Å². The fourth-order valence-electron chi connectivity index (χ4n) is 1.94. The average molecular weight is 267 g/mol. The number of nitrogens with one attached hydrogen (secondary N) is 2. The van der Waals surface area contributed by atoms with Gasteiger partial charge in [0, 0.05) is 5.39 Å². The van der Waals surface area contributed by atoms with Crippen LogP contribution in [0.15, 0.2) is 54.6 Å². The molecule has 5 heteroatoms. The van der Waals surface area contributed by atoms with Gasteiger partial charge in [-0.2, -0.15) is 5.10 Å². The molecular weight excluding hydrogens is 254 g/mol. The zero-order valence-electron chi connectivity index (χ0n) is 10.7. The van der Waals surface area contributed by atoms with Gasteiger partial charge in [-0.15, -0.1) is 0 Å². The molecule has 1 heterocycles. The number of para-hydroxylation sites is 2. The summed E-state index contributed by atoms with van der Waals surface area (Å²) in [7, 11) is 0. The molecule has 5 nitrogen and oxygen atoms in total. The average Bonchev–Trinajstić information content (AvgIpc) is 2.89. The number of fused-ring (bicyclic) bond motifs is 1. The lowest BCUT2D eigenvalue weighted by molar-refractivity contribution is 0.200. The molecule has 100 valence electrons. The quantitative estimate of drug-likeness (QED) is 0.766. The van der Waals surface area contributed by atoms with Crippen LogP contribution >= 0.6 is 0 Å². The molecule has 0 aliphatic rings. The van der Waals surface area contributed by atoms with Crippen LogP contribution < -0.4 is 10.1 Å². The Morgan fingerprint density at radius 2 is 1.85 bits per heavy atom. The first kappa shape index (κ1) is 12.2. The topological polar surface area (TPSA) is 67.0 Å². The maximum Gasteiger partial charge on any atom is 0.412 e. The van der Waals surface area contributed by atoms with Crippen LogP contribution in [0.3, 0.4) is 0 Å². The summed E-state index contributed by atoms with van der Waals surface area (Å²) in [6.07, 6.45) is -0.491. The molecule has 2 aromatic carbocycles. The number of hydrogen-bond donors (Lipinski definition) is 2. The number of carbonyl (C=O) groups is 1. The fourth-order valence-corrected chi connectivity index (χ4v) is 1.94. The minimum absolute atomic E-state index is 0.339. The van der Waals surface area contributed by atoms with Crippen molar-refractivity contribution in [2.75, 3.05) is 0 Å². The van der Waals surface area contributed by atoms with E-state index in [1.807, 2.05) is 42.5 Å². The molecule has 0 atom stereocenters. The van der Waals surface area contributed by atoms with E-state index in [2.05, 4.69) is 15.5 Å². The lowest BCUT2D eigenvalue weighted by Crippen LogP contribution is -2.26. The molecule has 0 radical (unpaired) electrons. The van der Waals surface area contributed by atoms with Crippen LogP contribution in [0.5, 0.6) is 5.75 Å². The summed E-state index contributed by atoms with van der Waals surface area (Å²) in [5.74, 6) is 0.513. The standard InChI is InChI=1S/C15H13N3O2/c19-15(20-11-6-2-1-3-7-11)16-10-14-12-8-4-5-9-13(12)17-18-14/h1-9H,10H2,(H,16,19)(H,17,18). The molecule has 20 heavy (non-hydrogen) atoms. The Morgan fingerprint density at radius 3 is 2.70 bits per heavy atom. The predicted octanol–water partition coefficient (Wildman–Crippen LogP) is 2.85. The zero-order valence-corrected chi connectivity index (χ0v) is 10.7. The highest BCUT2D eigenvalue weighted by atomic mass is 16.6.